The Bertz CT molecular complexity index is 1150. The van der Waals surface area contributed by atoms with Crippen molar-refractivity contribution in [3.63, 3.8) is 0 Å². The van der Waals surface area contributed by atoms with Crippen LogP contribution in [0.4, 0.5) is 24.7 Å². The topological polar surface area (TPSA) is 93.4 Å². The van der Waals surface area contributed by atoms with Gasteiger partial charge in [0.25, 0.3) is 5.56 Å². The molecule has 0 fully saturated rings. The largest absolute Gasteiger partial charge is 0.573 e. The highest BCUT2D eigenvalue weighted by molar-refractivity contribution is 9.10. The van der Waals surface area contributed by atoms with Crippen molar-refractivity contribution in [1.29, 1.82) is 0 Å². The molecule has 0 unspecified atom stereocenters. The van der Waals surface area contributed by atoms with Crippen molar-refractivity contribution < 1.29 is 27.8 Å². The number of nitrogens with one attached hydrogen (secondary N) is 1. The molecule has 3 aromatic rings. The summed E-state index contributed by atoms with van der Waals surface area (Å²) in [5, 5.41) is 11.3. The average Bonchev–Trinajstić information content (AvgIpc) is 2.69. The Labute approximate surface area is 182 Å². The number of aromatic nitrogens is 2. The van der Waals surface area contributed by atoms with Crippen molar-refractivity contribution in [2.75, 3.05) is 5.32 Å². The standard InChI is InChI=1S/C20H15BrF3N3O4/c21-13-4-7-15(16(11-13)31-20(22,23)24)26-18-19(30)27(10-9-25-18)14-5-1-12(2-6-14)3-8-17(28)29/h1-2,4-7,9-11H,3,8H2,(H,25,26)(H,28,29). The van der Waals surface area contributed by atoms with Gasteiger partial charge < -0.3 is 15.2 Å². The van der Waals surface area contributed by atoms with E-state index < -0.39 is 23.6 Å². The number of ether oxygens (including phenoxy) is 1. The molecule has 1 heterocycles. The van der Waals surface area contributed by atoms with Gasteiger partial charge in [-0.15, -0.1) is 13.2 Å². The molecule has 7 nitrogen and oxygen atoms in total. The van der Waals surface area contributed by atoms with Gasteiger partial charge in [-0.1, -0.05) is 28.1 Å². The molecule has 162 valence electrons. The number of carboxylic acids is 1. The number of alkyl halides is 3. The van der Waals surface area contributed by atoms with Gasteiger partial charge in [-0.2, -0.15) is 0 Å². The maximum Gasteiger partial charge on any atom is 0.573 e. The number of rotatable bonds is 7. The number of carboxylic acid groups (broad SMARTS) is 1. The lowest BCUT2D eigenvalue weighted by molar-refractivity contribution is -0.274. The lowest BCUT2D eigenvalue weighted by Crippen LogP contribution is -2.22. The van der Waals surface area contributed by atoms with Crippen molar-refractivity contribution in [3.8, 4) is 11.4 Å². The molecule has 0 radical (unpaired) electrons. The van der Waals surface area contributed by atoms with Gasteiger partial charge in [0.2, 0.25) is 0 Å². The molecule has 3 rings (SSSR count). The number of aryl methyl sites for hydroxylation is 1. The number of aliphatic carboxylic acids is 1. The van der Waals surface area contributed by atoms with Gasteiger partial charge in [-0.3, -0.25) is 14.2 Å². The molecule has 0 amide bonds. The number of hydrogen-bond acceptors (Lipinski definition) is 5. The van der Waals surface area contributed by atoms with E-state index in [1.54, 1.807) is 24.3 Å². The highest BCUT2D eigenvalue weighted by atomic mass is 79.9. The van der Waals surface area contributed by atoms with Crippen molar-refractivity contribution in [3.05, 3.63) is 75.2 Å². The van der Waals surface area contributed by atoms with E-state index in [-0.39, 0.29) is 17.9 Å². The monoisotopic (exact) mass is 497 g/mol. The predicted molar refractivity (Wildman–Crippen MR) is 110 cm³/mol. The van der Waals surface area contributed by atoms with E-state index in [0.717, 1.165) is 11.6 Å². The van der Waals surface area contributed by atoms with Gasteiger partial charge in [-0.25, -0.2) is 4.98 Å². The normalized spacial score (nSPS) is 11.2. The Morgan fingerprint density at radius 1 is 1.19 bits per heavy atom. The molecule has 1 aromatic heterocycles. The summed E-state index contributed by atoms with van der Waals surface area (Å²) >= 11 is 3.08. The van der Waals surface area contributed by atoms with Gasteiger partial charge in [0.1, 0.15) is 0 Å². The maximum absolute atomic E-state index is 12.8. The molecule has 0 spiro atoms. The second kappa shape index (κ2) is 9.21. The lowest BCUT2D eigenvalue weighted by atomic mass is 10.1. The number of halogens is 4. The van der Waals surface area contributed by atoms with Gasteiger partial charge in [0.05, 0.1) is 5.69 Å². The summed E-state index contributed by atoms with van der Waals surface area (Å²) in [7, 11) is 0. The van der Waals surface area contributed by atoms with Crippen molar-refractivity contribution >= 4 is 33.4 Å². The van der Waals surface area contributed by atoms with E-state index in [1.807, 2.05) is 0 Å². The Morgan fingerprint density at radius 3 is 2.55 bits per heavy atom. The fraction of sp³-hybridized carbons (Fsp3) is 0.150. The molecular weight excluding hydrogens is 483 g/mol. The SMILES string of the molecule is O=C(O)CCc1ccc(-n2ccnc(Nc3ccc(Br)cc3OC(F)(F)F)c2=O)cc1. The minimum atomic E-state index is -4.91. The smallest absolute Gasteiger partial charge is 0.481 e. The third-order valence-electron chi connectivity index (χ3n) is 4.11. The number of hydrogen-bond donors (Lipinski definition) is 2. The zero-order valence-electron chi connectivity index (χ0n) is 15.7. The maximum atomic E-state index is 12.8. The molecule has 0 aliphatic carbocycles. The summed E-state index contributed by atoms with van der Waals surface area (Å²) in [6.07, 6.45) is -1.85. The van der Waals surface area contributed by atoms with Crippen molar-refractivity contribution in [1.82, 2.24) is 9.55 Å². The zero-order chi connectivity index (χ0) is 22.6. The first-order valence-corrected chi connectivity index (χ1v) is 9.63. The van der Waals surface area contributed by atoms with Crippen LogP contribution in [-0.2, 0) is 11.2 Å². The lowest BCUT2D eigenvalue weighted by Gasteiger charge is -2.15. The summed E-state index contributed by atoms with van der Waals surface area (Å²) in [5.74, 6) is -1.64. The van der Waals surface area contributed by atoms with Crippen LogP contribution < -0.4 is 15.6 Å². The molecule has 0 bridgehead atoms. The van der Waals surface area contributed by atoms with Crippen molar-refractivity contribution in [2.24, 2.45) is 0 Å². The van der Waals surface area contributed by atoms with E-state index >= 15 is 0 Å². The fourth-order valence-electron chi connectivity index (χ4n) is 2.71. The summed E-state index contributed by atoms with van der Waals surface area (Å²) < 4.78 is 43.8. The van der Waals surface area contributed by atoms with Gasteiger partial charge in [0, 0.05) is 29.0 Å². The summed E-state index contributed by atoms with van der Waals surface area (Å²) in [5.41, 5.74) is 0.584. The summed E-state index contributed by atoms with van der Waals surface area (Å²) in [6, 6.07) is 10.6. The van der Waals surface area contributed by atoms with Crippen LogP contribution in [0.1, 0.15) is 12.0 Å². The number of anilines is 2. The second-order valence-electron chi connectivity index (χ2n) is 6.32. The second-order valence-corrected chi connectivity index (χ2v) is 7.24. The van der Waals surface area contributed by atoms with Crippen LogP contribution in [-0.4, -0.2) is 27.0 Å². The first-order chi connectivity index (χ1) is 14.6. The first kappa shape index (κ1) is 22.3. The number of carbonyl (C=O) groups is 1. The van der Waals surface area contributed by atoms with E-state index in [0.29, 0.717) is 16.6 Å². The first-order valence-electron chi connectivity index (χ1n) is 8.83. The third-order valence-corrected chi connectivity index (χ3v) is 4.60. The molecule has 31 heavy (non-hydrogen) atoms. The Balaban J connectivity index is 1.89. The van der Waals surface area contributed by atoms with E-state index in [1.165, 1.54) is 29.1 Å². The van der Waals surface area contributed by atoms with Gasteiger partial charge in [0.15, 0.2) is 11.6 Å². The zero-order valence-corrected chi connectivity index (χ0v) is 17.3. The molecule has 0 aliphatic heterocycles. The van der Waals surface area contributed by atoms with Crippen LogP contribution >= 0.6 is 15.9 Å². The van der Waals surface area contributed by atoms with Crippen molar-refractivity contribution in [2.45, 2.75) is 19.2 Å². The summed E-state index contributed by atoms with van der Waals surface area (Å²) in [4.78, 5) is 27.4. The Kier molecular flexibility index (Phi) is 6.64. The van der Waals surface area contributed by atoms with Gasteiger partial charge in [-0.05, 0) is 42.3 Å². The minimum absolute atomic E-state index is 0.0157. The Morgan fingerprint density at radius 2 is 1.90 bits per heavy atom. The molecule has 0 aliphatic rings. The molecular formula is C20H15BrF3N3O4. The van der Waals surface area contributed by atoms with E-state index in [9.17, 15) is 22.8 Å². The average molecular weight is 498 g/mol. The Hall–Kier alpha value is -3.34. The van der Waals surface area contributed by atoms with Crippen LogP contribution in [0.2, 0.25) is 0 Å². The molecule has 11 heteroatoms. The molecule has 2 aromatic carbocycles. The number of nitrogens with zero attached hydrogens (tertiary/aromatic N) is 2. The minimum Gasteiger partial charge on any atom is -0.481 e. The molecule has 2 N–H and O–H groups in total. The van der Waals surface area contributed by atoms with Gasteiger partial charge >= 0.3 is 12.3 Å². The van der Waals surface area contributed by atoms with Crippen LogP contribution in [0.3, 0.4) is 0 Å². The van der Waals surface area contributed by atoms with E-state index in [4.69, 9.17) is 5.11 Å². The highest BCUT2D eigenvalue weighted by Crippen LogP contribution is 2.34. The van der Waals surface area contributed by atoms with Crippen LogP contribution in [0.15, 0.2) is 64.1 Å². The van der Waals surface area contributed by atoms with Crippen LogP contribution in [0.5, 0.6) is 5.75 Å². The molecule has 0 saturated carbocycles. The van der Waals surface area contributed by atoms with E-state index in [2.05, 4.69) is 31.0 Å². The summed E-state index contributed by atoms with van der Waals surface area (Å²) in [6.45, 7) is 0. The molecule has 0 saturated heterocycles. The molecule has 0 atom stereocenters. The number of benzene rings is 2. The fourth-order valence-corrected chi connectivity index (χ4v) is 3.05. The quantitative estimate of drug-likeness (QED) is 0.493. The van der Waals surface area contributed by atoms with Crippen LogP contribution in [0, 0.1) is 0 Å². The predicted octanol–water partition coefficient (Wildman–Crippen LogP) is 4.65. The van der Waals surface area contributed by atoms with Crippen LogP contribution in [0.25, 0.3) is 5.69 Å². The third kappa shape index (κ3) is 6.07. The highest BCUT2D eigenvalue weighted by Gasteiger charge is 2.32.